The van der Waals surface area contributed by atoms with Gasteiger partial charge in [0.2, 0.25) is 0 Å². The average Bonchev–Trinajstić information content (AvgIpc) is 3.12. The monoisotopic (exact) mass is 462 g/mol. The van der Waals surface area contributed by atoms with Crippen molar-refractivity contribution in [2.45, 2.75) is 49.8 Å². The zero-order valence-corrected chi connectivity index (χ0v) is 19.1. The summed E-state index contributed by atoms with van der Waals surface area (Å²) in [4.78, 5) is 22.5. The summed E-state index contributed by atoms with van der Waals surface area (Å²) in [6.45, 7) is 0.649. The molecule has 1 aliphatic heterocycles. The van der Waals surface area contributed by atoms with E-state index in [1.165, 1.54) is 12.1 Å². The third-order valence-corrected chi connectivity index (χ3v) is 7.59. The van der Waals surface area contributed by atoms with Crippen LogP contribution in [0.15, 0.2) is 58.4 Å². The second kappa shape index (κ2) is 8.94. The molecule has 0 atom stereocenters. The third-order valence-electron chi connectivity index (χ3n) is 6.20. The Hall–Kier alpha value is -3.26. The molecule has 8 heteroatoms. The van der Waals surface area contributed by atoms with Crippen molar-refractivity contribution in [2.75, 3.05) is 11.9 Å². The van der Waals surface area contributed by atoms with Crippen molar-refractivity contribution in [3.8, 4) is 0 Å². The van der Waals surface area contributed by atoms with E-state index in [0.717, 1.165) is 60.7 Å². The molecule has 7 nitrogen and oxygen atoms in total. The fourth-order valence-electron chi connectivity index (χ4n) is 4.55. The molecule has 0 spiro atoms. The largest absolute Gasteiger partial charge is 0.322 e. The minimum Gasteiger partial charge on any atom is -0.322 e. The van der Waals surface area contributed by atoms with Crippen LogP contribution in [0.5, 0.6) is 0 Å². The second-order valence-corrected chi connectivity index (χ2v) is 10.2. The molecule has 1 aromatic heterocycles. The number of pyridine rings is 1. The highest BCUT2D eigenvalue weighted by Gasteiger charge is 2.24. The number of aliphatic imine (C=N–C) groups is 1. The molecule has 2 aliphatic rings. The smallest absolute Gasteiger partial charge is 0.262 e. The van der Waals surface area contributed by atoms with Gasteiger partial charge in [-0.25, -0.2) is 8.42 Å². The number of amides is 1. The number of amidine groups is 1. The van der Waals surface area contributed by atoms with Gasteiger partial charge in [-0.1, -0.05) is 24.6 Å². The quantitative estimate of drug-likeness (QED) is 0.606. The van der Waals surface area contributed by atoms with Gasteiger partial charge in [0, 0.05) is 29.7 Å². The molecule has 0 saturated heterocycles. The first-order valence-electron chi connectivity index (χ1n) is 11.4. The molecule has 1 aliphatic carbocycles. The van der Waals surface area contributed by atoms with Gasteiger partial charge in [0.15, 0.2) is 0 Å². The van der Waals surface area contributed by atoms with E-state index >= 15 is 0 Å². The Morgan fingerprint density at radius 1 is 0.879 bits per heavy atom. The zero-order chi connectivity index (χ0) is 22.8. The number of carbonyl (C=O) groups is 1. The van der Waals surface area contributed by atoms with Crippen LogP contribution in [0.4, 0.5) is 5.69 Å². The maximum atomic E-state index is 13.3. The summed E-state index contributed by atoms with van der Waals surface area (Å²) >= 11 is 0. The normalized spacial score (nSPS) is 16.1. The van der Waals surface area contributed by atoms with E-state index in [1.807, 2.05) is 24.3 Å². The number of hydrogen-bond donors (Lipinski definition) is 2. The first-order chi connectivity index (χ1) is 16.0. The summed E-state index contributed by atoms with van der Waals surface area (Å²) in [5.74, 6) is 0.316. The molecule has 0 radical (unpaired) electrons. The molecule has 0 fully saturated rings. The molecule has 5 rings (SSSR count). The van der Waals surface area contributed by atoms with E-state index < -0.39 is 10.0 Å². The van der Waals surface area contributed by atoms with Crippen molar-refractivity contribution in [3.05, 3.63) is 65.4 Å². The SMILES string of the molecule is O=C(Nc1ccc(S(=O)(=O)NC2=NCCCCC2)cc1)c1c2c(nc3ccccc13)CCC2. The second-order valence-electron chi connectivity index (χ2n) is 8.51. The molecule has 1 amide bonds. The Balaban J connectivity index is 1.37. The number of anilines is 1. The molecule has 0 unspecified atom stereocenters. The van der Waals surface area contributed by atoms with Crippen molar-refractivity contribution in [2.24, 2.45) is 4.99 Å². The van der Waals surface area contributed by atoms with E-state index in [0.29, 0.717) is 30.1 Å². The fourth-order valence-corrected chi connectivity index (χ4v) is 5.64. The molecule has 2 heterocycles. The number of nitrogens with one attached hydrogen (secondary N) is 2. The summed E-state index contributed by atoms with van der Waals surface area (Å²) in [7, 11) is -3.71. The summed E-state index contributed by atoms with van der Waals surface area (Å²) in [5.41, 5.74) is 4.03. The number of para-hydroxylation sites is 1. The van der Waals surface area contributed by atoms with Crippen molar-refractivity contribution >= 4 is 38.4 Å². The summed E-state index contributed by atoms with van der Waals surface area (Å²) in [5, 5.41) is 3.78. The summed E-state index contributed by atoms with van der Waals surface area (Å²) < 4.78 is 28.1. The minimum atomic E-state index is -3.71. The van der Waals surface area contributed by atoms with Gasteiger partial charge in [0.25, 0.3) is 15.9 Å². The van der Waals surface area contributed by atoms with E-state index in [1.54, 1.807) is 12.1 Å². The van der Waals surface area contributed by atoms with Crippen LogP contribution in [0.25, 0.3) is 10.9 Å². The highest BCUT2D eigenvalue weighted by atomic mass is 32.2. The first kappa shape index (κ1) is 21.6. The Bertz CT molecular complexity index is 1350. The predicted molar refractivity (Wildman–Crippen MR) is 129 cm³/mol. The van der Waals surface area contributed by atoms with Crippen LogP contribution in [0, 0.1) is 0 Å². The van der Waals surface area contributed by atoms with Gasteiger partial charge in [-0.2, -0.15) is 0 Å². The number of benzene rings is 2. The van der Waals surface area contributed by atoms with Crippen molar-refractivity contribution < 1.29 is 13.2 Å². The molecule has 0 bridgehead atoms. The Labute approximate surface area is 193 Å². The molecule has 170 valence electrons. The molecule has 2 N–H and O–H groups in total. The van der Waals surface area contributed by atoms with Crippen LogP contribution < -0.4 is 10.0 Å². The van der Waals surface area contributed by atoms with Crippen LogP contribution >= 0.6 is 0 Å². The predicted octanol–water partition coefficient (Wildman–Crippen LogP) is 4.23. The van der Waals surface area contributed by atoms with E-state index in [4.69, 9.17) is 4.98 Å². The van der Waals surface area contributed by atoms with Gasteiger partial charge in [-0.05, 0) is 68.0 Å². The lowest BCUT2D eigenvalue weighted by Crippen LogP contribution is -2.30. The lowest BCUT2D eigenvalue weighted by molar-refractivity contribution is 0.102. The lowest BCUT2D eigenvalue weighted by Gasteiger charge is -2.13. The summed E-state index contributed by atoms with van der Waals surface area (Å²) in [6, 6.07) is 13.9. The molecule has 2 aromatic carbocycles. The highest BCUT2D eigenvalue weighted by Crippen LogP contribution is 2.30. The van der Waals surface area contributed by atoms with E-state index in [2.05, 4.69) is 15.0 Å². The Morgan fingerprint density at radius 3 is 2.55 bits per heavy atom. The van der Waals surface area contributed by atoms with Gasteiger partial charge >= 0.3 is 0 Å². The van der Waals surface area contributed by atoms with Gasteiger partial charge < -0.3 is 5.32 Å². The van der Waals surface area contributed by atoms with Crippen molar-refractivity contribution in [1.82, 2.24) is 9.71 Å². The van der Waals surface area contributed by atoms with Crippen LogP contribution in [0.1, 0.15) is 53.7 Å². The number of fused-ring (bicyclic) bond motifs is 2. The first-order valence-corrected chi connectivity index (χ1v) is 12.9. The van der Waals surface area contributed by atoms with Gasteiger partial charge in [0.1, 0.15) is 5.84 Å². The average molecular weight is 463 g/mol. The Morgan fingerprint density at radius 2 is 1.70 bits per heavy atom. The maximum Gasteiger partial charge on any atom is 0.262 e. The molecule has 33 heavy (non-hydrogen) atoms. The number of sulfonamides is 1. The number of rotatable bonds is 4. The number of aromatic nitrogens is 1. The lowest BCUT2D eigenvalue weighted by atomic mass is 10.0. The molecule has 3 aromatic rings. The molecular weight excluding hydrogens is 436 g/mol. The fraction of sp³-hybridized carbons (Fsp3) is 0.320. The maximum absolute atomic E-state index is 13.3. The molecule has 0 saturated carbocycles. The Kier molecular flexibility index (Phi) is 5.85. The number of carbonyl (C=O) groups excluding carboxylic acids is 1. The van der Waals surface area contributed by atoms with Crippen LogP contribution in [0.2, 0.25) is 0 Å². The van der Waals surface area contributed by atoms with Gasteiger partial charge in [-0.3, -0.25) is 19.5 Å². The highest BCUT2D eigenvalue weighted by molar-refractivity contribution is 7.90. The standard InChI is InChI=1S/C25H26N4O3S/c30-25(24-19-7-3-4-9-21(19)28-22-10-6-8-20(22)24)27-17-12-14-18(15-13-17)33(31,32)29-23-11-2-1-5-16-26-23/h3-4,7,9,12-15H,1-2,5-6,8,10-11,16H2,(H,26,29)(H,27,30). The number of aryl methyl sites for hydroxylation is 1. The summed E-state index contributed by atoms with van der Waals surface area (Å²) in [6.07, 6.45) is 6.31. The minimum absolute atomic E-state index is 0.141. The van der Waals surface area contributed by atoms with Crippen LogP contribution in [-0.4, -0.2) is 31.7 Å². The van der Waals surface area contributed by atoms with Crippen LogP contribution in [-0.2, 0) is 22.9 Å². The number of hydrogen-bond acceptors (Lipinski definition) is 5. The third kappa shape index (κ3) is 4.48. The van der Waals surface area contributed by atoms with E-state index in [-0.39, 0.29) is 10.8 Å². The molecular formula is C25H26N4O3S. The van der Waals surface area contributed by atoms with Crippen LogP contribution in [0.3, 0.4) is 0 Å². The van der Waals surface area contributed by atoms with E-state index in [9.17, 15) is 13.2 Å². The van der Waals surface area contributed by atoms with Crippen molar-refractivity contribution in [1.29, 1.82) is 0 Å². The van der Waals surface area contributed by atoms with Gasteiger partial charge in [-0.15, -0.1) is 0 Å². The van der Waals surface area contributed by atoms with Gasteiger partial charge in [0.05, 0.1) is 16.0 Å². The van der Waals surface area contributed by atoms with Crippen molar-refractivity contribution in [3.63, 3.8) is 0 Å². The number of nitrogens with zero attached hydrogens (tertiary/aromatic N) is 2. The zero-order valence-electron chi connectivity index (χ0n) is 18.3. The topological polar surface area (TPSA) is 101 Å².